The molecule has 0 aliphatic heterocycles. The van der Waals surface area contributed by atoms with E-state index in [4.69, 9.17) is 16.0 Å². The number of aromatic nitrogens is 1. The van der Waals surface area contributed by atoms with E-state index >= 15 is 0 Å². The molecule has 0 atom stereocenters. The van der Waals surface area contributed by atoms with Gasteiger partial charge in [-0.2, -0.15) is 0 Å². The zero-order valence-electron chi connectivity index (χ0n) is 12.3. The lowest BCUT2D eigenvalue weighted by Crippen LogP contribution is -2.18. The molecule has 1 aromatic carbocycles. The van der Waals surface area contributed by atoms with Gasteiger partial charge in [-0.3, -0.25) is 4.79 Å². The van der Waals surface area contributed by atoms with Gasteiger partial charge in [0.2, 0.25) is 5.91 Å². The Balaban J connectivity index is 1.69. The fourth-order valence-electron chi connectivity index (χ4n) is 1.92. The summed E-state index contributed by atoms with van der Waals surface area (Å²) in [6.45, 7) is 1.84. The van der Waals surface area contributed by atoms with Crippen molar-refractivity contribution in [2.24, 2.45) is 0 Å². The molecule has 3 rings (SSSR count). The minimum Gasteiger partial charge on any atom is -0.458 e. The minimum atomic E-state index is -0.0916. The first-order chi connectivity index (χ1) is 11.1. The first-order valence-corrected chi connectivity index (χ1v) is 8.17. The molecule has 23 heavy (non-hydrogen) atoms. The number of carbonyl (C=O) groups is 1. The van der Waals surface area contributed by atoms with Gasteiger partial charge in [-0.05, 0) is 36.4 Å². The molecule has 118 valence electrons. The molecule has 0 radical (unpaired) electrons. The molecule has 2 heterocycles. The van der Waals surface area contributed by atoms with Gasteiger partial charge in [0.05, 0.1) is 6.54 Å². The lowest BCUT2D eigenvalue weighted by atomic mass is 10.3. The zero-order valence-corrected chi connectivity index (χ0v) is 13.9. The molecular formula is C16H14ClN3O2S. The van der Waals surface area contributed by atoms with Crippen LogP contribution in [0.3, 0.4) is 0 Å². The molecular weight excluding hydrogens is 334 g/mol. The number of amides is 1. The van der Waals surface area contributed by atoms with Crippen LogP contribution in [0.4, 0.5) is 10.8 Å². The number of nitrogens with zero attached hydrogens (tertiary/aromatic N) is 1. The number of thiazole rings is 1. The number of hydrogen-bond donors (Lipinski definition) is 2. The maximum absolute atomic E-state index is 10.9. The summed E-state index contributed by atoms with van der Waals surface area (Å²) in [5.74, 6) is 1.27. The molecule has 0 bridgehead atoms. The monoisotopic (exact) mass is 347 g/mol. The highest BCUT2D eigenvalue weighted by Crippen LogP contribution is 2.28. The Morgan fingerprint density at radius 1 is 1.26 bits per heavy atom. The quantitative estimate of drug-likeness (QED) is 0.716. The highest BCUT2D eigenvalue weighted by atomic mass is 35.5. The predicted molar refractivity (Wildman–Crippen MR) is 92.1 cm³/mol. The Kier molecular flexibility index (Phi) is 4.64. The number of halogens is 1. The van der Waals surface area contributed by atoms with E-state index in [-0.39, 0.29) is 5.91 Å². The van der Waals surface area contributed by atoms with E-state index in [1.807, 2.05) is 41.8 Å². The summed E-state index contributed by atoms with van der Waals surface area (Å²) >= 11 is 7.35. The highest BCUT2D eigenvalue weighted by molar-refractivity contribution is 7.14. The molecule has 0 saturated carbocycles. The van der Waals surface area contributed by atoms with Gasteiger partial charge in [-0.15, -0.1) is 11.3 Å². The highest BCUT2D eigenvalue weighted by Gasteiger charge is 2.10. The molecule has 0 saturated heterocycles. The first kappa shape index (κ1) is 15.6. The van der Waals surface area contributed by atoms with Gasteiger partial charge in [0, 0.05) is 23.0 Å². The van der Waals surface area contributed by atoms with Crippen LogP contribution in [0, 0.1) is 0 Å². The number of rotatable bonds is 5. The molecule has 2 aromatic heterocycles. The summed E-state index contributed by atoms with van der Waals surface area (Å²) in [6.07, 6.45) is 0. The van der Waals surface area contributed by atoms with Crippen molar-refractivity contribution < 1.29 is 9.21 Å². The molecule has 0 fully saturated rings. The van der Waals surface area contributed by atoms with Crippen molar-refractivity contribution in [3.05, 3.63) is 52.6 Å². The number of furan rings is 1. The third-order valence-corrected chi connectivity index (χ3v) is 4.04. The average Bonchev–Trinajstić information content (AvgIpc) is 3.16. The van der Waals surface area contributed by atoms with Gasteiger partial charge in [0.1, 0.15) is 11.5 Å². The molecule has 2 N–H and O–H groups in total. The van der Waals surface area contributed by atoms with Crippen LogP contribution in [-0.2, 0) is 11.3 Å². The number of anilines is 2. The number of benzene rings is 1. The van der Waals surface area contributed by atoms with E-state index < -0.39 is 0 Å². The van der Waals surface area contributed by atoms with Crippen LogP contribution in [0.1, 0.15) is 12.7 Å². The summed E-state index contributed by atoms with van der Waals surface area (Å²) in [7, 11) is 0. The molecule has 0 aliphatic rings. The van der Waals surface area contributed by atoms with Gasteiger partial charge < -0.3 is 15.1 Å². The van der Waals surface area contributed by atoms with Crippen LogP contribution in [0.2, 0.25) is 5.02 Å². The Labute approximate surface area is 142 Å². The van der Waals surface area contributed by atoms with Crippen molar-refractivity contribution >= 4 is 39.7 Å². The fraction of sp³-hybridized carbons (Fsp3) is 0.125. The van der Waals surface area contributed by atoms with Crippen molar-refractivity contribution in [1.29, 1.82) is 0 Å². The maximum Gasteiger partial charge on any atom is 0.217 e. The van der Waals surface area contributed by atoms with Crippen molar-refractivity contribution in [1.82, 2.24) is 10.3 Å². The molecule has 1 amide bonds. The van der Waals surface area contributed by atoms with Crippen molar-refractivity contribution in [3.8, 4) is 11.5 Å². The number of carbonyl (C=O) groups excluding carboxylic acids is 1. The predicted octanol–water partition coefficient (Wildman–Crippen LogP) is 4.44. The average molecular weight is 348 g/mol. The van der Waals surface area contributed by atoms with Crippen molar-refractivity contribution in [2.45, 2.75) is 13.5 Å². The topological polar surface area (TPSA) is 67.2 Å². The summed E-state index contributed by atoms with van der Waals surface area (Å²) in [6, 6.07) is 11.1. The van der Waals surface area contributed by atoms with Crippen LogP contribution in [-0.4, -0.2) is 10.9 Å². The summed E-state index contributed by atoms with van der Waals surface area (Å²) < 4.78 is 5.68. The third kappa shape index (κ3) is 4.12. The van der Waals surface area contributed by atoms with E-state index in [1.165, 1.54) is 18.3 Å². The SMILES string of the molecule is CC(=O)NCc1ccc(-c2csc(Nc3ccc(Cl)cc3)n2)o1. The van der Waals surface area contributed by atoms with E-state index in [0.29, 0.717) is 23.1 Å². The Hall–Kier alpha value is -2.31. The van der Waals surface area contributed by atoms with Crippen LogP contribution in [0.15, 0.2) is 46.2 Å². The molecule has 0 spiro atoms. The standard InChI is InChI=1S/C16H14ClN3O2S/c1-10(21)18-8-13-6-7-15(22-13)14-9-23-16(20-14)19-12-4-2-11(17)3-5-12/h2-7,9H,8H2,1H3,(H,18,21)(H,19,20). The van der Waals surface area contributed by atoms with Gasteiger partial charge in [-0.1, -0.05) is 11.6 Å². The van der Waals surface area contributed by atoms with E-state index in [2.05, 4.69) is 15.6 Å². The summed E-state index contributed by atoms with van der Waals surface area (Å²) in [5.41, 5.74) is 1.67. The molecule has 0 unspecified atom stereocenters. The maximum atomic E-state index is 10.9. The Morgan fingerprint density at radius 2 is 2.04 bits per heavy atom. The number of nitrogens with one attached hydrogen (secondary N) is 2. The number of hydrogen-bond acceptors (Lipinski definition) is 5. The van der Waals surface area contributed by atoms with Crippen molar-refractivity contribution in [3.63, 3.8) is 0 Å². The molecule has 7 heteroatoms. The van der Waals surface area contributed by atoms with Crippen LogP contribution >= 0.6 is 22.9 Å². The van der Waals surface area contributed by atoms with Crippen LogP contribution < -0.4 is 10.6 Å². The normalized spacial score (nSPS) is 10.5. The molecule has 3 aromatic rings. The van der Waals surface area contributed by atoms with E-state index in [1.54, 1.807) is 0 Å². The smallest absolute Gasteiger partial charge is 0.217 e. The second-order valence-electron chi connectivity index (χ2n) is 4.85. The summed E-state index contributed by atoms with van der Waals surface area (Å²) in [5, 5.41) is 9.29. The summed E-state index contributed by atoms with van der Waals surface area (Å²) in [4.78, 5) is 15.4. The second kappa shape index (κ2) is 6.85. The Morgan fingerprint density at radius 3 is 2.78 bits per heavy atom. The third-order valence-electron chi connectivity index (χ3n) is 3.03. The fourth-order valence-corrected chi connectivity index (χ4v) is 2.77. The van der Waals surface area contributed by atoms with Crippen LogP contribution in [0.25, 0.3) is 11.5 Å². The molecule has 5 nitrogen and oxygen atoms in total. The van der Waals surface area contributed by atoms with Gasteiger partial charge >= 0.3 is 0 Å². The second-order valence-corrected chi connectivity index (χ2v) is 6.14. The van der Waals surface area contributed by atoms with E-state index in [9.17, 15) is 4.79 Å². The lowest BCUT2D eigenvalue weighted by Gasteiger charge is -2.01. The Bertz CT molecular complexity index is 811. The van der Waals surface area contributed by atoms with Gasteiger partial charge in [-0.25, -0.2) is 4.98 Å². The van der Waals surface area contributed by atoms with Crippen LogP contribution in [0.5, 0.6) is 0 Å². The first-order valence-electron chi connectivity index (χ1n) is 6.92. The van der Waals surface area contributed by atoms with Crippen molar-refractivity contribution in [2.75, 3.05) is 5.32 Å². The molecule has 0 aliphatic carbocycles. The van der Waals surface area contributed by atoms with Gasteiger partial charge in [0.25, 0.3) is 0 Å². The minimum absolute atomic E-state index is 0.0916. The lowest BCUT2D eigenvalue weighted by molar-refractivity contribution is -0.119. The van der Waals surface area contributed by atoms with E-state index in [0.717, 1.165) is 16.5 Å². The van der Waals surface area contributed by atoms with Gasteiger partial charge in [0.15, 0.2) is 10.9 Å². The largest absolute Gasteiger partial charge is 0.458 e. The zero-order chi connectivity index (χ0) is 16.2.